The Morgan fingerprint density at radius 3 is 2.72 bits per heavy atom. The molecule has 1 rings (SSSR count). The molecule has 0 aliphatic heterocycles. The van der Waals surface area contributed by atoms with Crippen molar-refractivity contribution in [2.24, 2.45) is 5.92 Å². The van der Waals surface area contributed by atoms with Crippen molar-refractivity contribution < 1.29 is 9.18 Å². The molecule has 0 fully saturated rings. The fraction of sp³-hybridized carbons (Fsp3) is 0.500. The smallest absolute Gasteiger partial charge is 0.239 e. The van der Waals surface area contributed by atoms with Gasteiger partial charge in [0.25, 0.3) is 0 Å². The van der Waals surface area contributed by atoms with Crippen molar-refractivity contribution in [1.82, 2.24) is 5.32 Å². The van der Waals surface area contributed by atoms with Crippen LogP contribution in [0.5, 0.6) is 0 Å². The van der Waals surface area contributed by atoms with Crippen molar-refractivity contribution in [2.75, 3.05) is 18.4 Å². The molecule has 1 aromatic rings. The van der Waals surface area contributed by atoms with Crippen LogP contribution >= 0.6 is 0 Å². The summed E-state index contributed by atoms with van der Waals surface area (Å²) in [6.45, 7) is 6.77. The van der Waals surface area contributed by atoms with Crippen molar-refractivity contribution in [3.05, 3.63) is 29.6 Å². The summed E-state index contributed by atoms with van der Waals surface area (Å²) in [5.74, 6) is 0.121. The van der Waals surface area contributed by atoms with Crippen LogP contribution in [0.2, 0.25) is 0 Å². The number of aryl methyl sites for hydroxylation is 1. The molecule has 100 valence electrons. The van der Waals surface area contributed by atoms with E-state index in [1.165, 1.54) is 6.07 Å². The summed E-state index contributed by atoms with van der Waals surface area (Å²) in [7, 11) is 0. The lowest BCUT2D eigenvalue weighted by atomic mass is 10.1. The highest BCUT2D eigenvalue weighted by molar-refractivity contribution is 5.80. The van der Waals surface area contributed by atoms with Gasteiger partial charge < -0.3 is 10.6 Å². The van der Waals surface area contributed by atoms with Crippen LogP contribution in [0.3, 0.4) is 0 Å². The van der Waals surface area contributed by atoms with E-state index in [1.807, 2.05) is 13.0 Å². The van der Waals surface area contributed by atoms with Gasteiger partial charge in [0.05, 0.1) is 12.2 Å². The molecule has 0 saturated carbocycles. The minimum Gasteiger partial charge on any atom is -0.374 e. The molecule has 4 heteroatoms. The number of anilines is 1. The summed E-state index contributed by atoms with van der Waals surface area (Å²) in [5.41, 5.74) is 1.20. The summed E-state index contributed by atoms with van der Waals surface area (Å²) in [6, 6.07) is 4.84. The maximum atomic E-state index is 13.5. The molecule has 0 radical (unpaired) electrons. The molecule has 18 heavy (non-hydrogen) atoms. The van der Waals surface area contributed by atoms with Crippen molar-refractivity contribution in [1.29, 1.82) is 0 Å². The summed E-state index contributed by atoms with van der Waals surface area (Å²) in [6.07, 6.45) is 0.949. The molecular formula is C14H21FN2O. The molecule has 0 unspecified atom stereocenters. The van der Waals surface area contributed by atoms with Crippen molar-refractivity contribution in [2.45, 2.75) is 27.2 Å². The van der Waals surface area contributed by atoms with E-state index in [0.717, 1.165) is 12.0 Å². The quantitative estimate of drug-likeness (QED) is 0.817. The number of nitrogens with one attached hydrogen (secondary N) is 2. The normalized spacial score (nSPS) is 10.5. The highest BCUT2D eigenvalue weighted by Crippen LogP contribution is 2.17. The number of carbonyl (C=O) groups excluding carboxylic acids is 1. The van der Waals surface area contributed by atoms with Gasteiger partial charge in [-0.1, -0.05) is 26.0 Å². The van der Waals surface area contributed by atoms with Gasteiger partial charge in [-0.25, -0.2) is 4.39 Å². The van der Waals surface area contributed by atoms with Gasteiger partial charge in [-0.2, -0.15) is 0 Å². The lowest BCUT2D eigenvalue weighted by Crippen LogP contribution is -2.31. The first-order valence-electron chi connectivity index (χ1n) is 6.26. The summed E-state index contributed by atoms with van der Waals surface area (Å²) >= 11 is 0. The second-order valence-electron chi connectivity index (χ2n) is 4.82. The minimum absolute atomic E-state index is 0.0971. The number of amides is 1. The van der Waals surface area contributed by atoms with E-state index < -0.39 is 0 Å². The van der Waals surface area contributed by atoms with E-state index in [0.29, 0.717) is 18.2 Å². The first-order valence-corrected chi connectivity index (χ1v) is 6.26. The number of hydrogen-bond donors (Lipinski definition) is 2. The monoisotopic (exact) mass is 252 g/mol. The van der Waals surface area contributed by atoms with Crippen LogP contribution in [0, 0.1) is 18.7 Å². The summed E-state index contributed by atoms with van der Waals surface area (Å²) in [5, 5.41) is 5.63. The molecule has 3 nitrogen and oxygen atoms in total. The van der Waals surface area contributed by atoms with Crippen LogP contribution in [0.15, 0.2) is 18.2 Å². The van der Waals surface area contributed by atoms with Gasteiger partial charge in [-0.3, -0.25) is 4.79 Å². The summed E-state index contributed by atoms with van der Waals surface area (Å²) < 4.78 is 13.5. The molecular weight excluding hydrogens is 231 g/mol. The largest absolute Gasteiger partial charge is 0.374 e. The molecule has 0 aromatic heterocycles. The zero-order chi connectivity index (χ0) is 13.5. The maximum absolute atomic E-state index is 13.5. The van der Waals surface area contributed by atoms with Crippen molar-refractivity contribution >= 4 is 11.6 Å². The van der Waals surface area contributed by atoms with Gasteiger partial charge in [0, 0.05) is 6.54 Å². The predicted octanol–water partition coefficient (Wildman–Crippen LogP) is 2.71. The lowest BCUT2D eigenvalue weighted by Gasteiger charge is -2.11. The zero-order valence-corrected chi connectivity index (χ0v) is 11.2. The van der Waals surface area contributed by atoms with Crippen LogP contribution in [0.4, 0.5) is 10.1 Å². The molecule has 0 atom stereocenters. The van der Waals surface area contributed by atoms with Crippen LogP contribution in [-0.2, 0) is 4.79 Å². The summed E-state index contributed by atoms with van der Waals surface area (Å²) in [4.78, 5) is 11.5. The van der Waals surface area contributed by atoms with Crippen molar-refractivity contribution in [3.8, 4) is 0 Å². The Balaban J connectivity index is 2.38. The average molecular weight is 252 g/mol. The van der Waals surface area contributed by atoms with Crippen LogP contribution in [0.25, 0.3) is 0 Å². The van der Waals surface area contributed by atoms with E-state index >= 15 is 0 Å². The SMILES string of the molecule is Cc1cccc(F)c1NCC(=O)NCCC(C)C. The molecule has 0 saturated heterocycles. The van der Waals surface area contributed by atoms with E-state index in [4.69, 9.17) is 0 Å². The maximum Gasteiger partial charge on any atom is 0.239 e. The Bertz CT molecular complexity index is 385. The topological polar surface area (TPSA) is 41.1 Å². The Morgan fingerprint density at radius 2 is 2.11 bits per heavy atom. The Hall–Kier alpha value is -1.58. The number of halogens is 1. The number of rotatable bonds is 6. The third-order valence-electron chi connectivity index (χ3n) is 2.69. The molecule has 0 aliphatic rings. The van der Waals surface area contributed by atoms with Crippen LogP contribution in [0.1, 0.15) is 25.8 Å². The number of benzene rings is 1. The number of carbonyl (C=O) groups is 1. The van der Waals surface area contributed by atoms with Gasteiger partial charge in [0.2, 0.25) is 5.91 Å². The van der Waals surface area contributed by atoms with Gasteiger partial charge in [0.1, 0.15) is 5.82 Å². The van der Waals surface area contributed by atoms with Gasteiger partial charge in [-0.15, -0.1) is 0 Å². The molecule has 1 aromatic carbocycles. The van der Waals surface area contributed by atoms with E-state index in [2.05, 4.69) is 24.5 Å². The fourth-order valence-corrected chi connectivity index (χ4v) is 1.59. The van der Waals surface area contributed by atoms with E-state index in [9.17, 15) is 9.18 Å². The van der Waals surface area contributed by atoms with Gasteiger partial charge in [-0.05, 0) is 30.9 Å². The Morgan fingerprint density at radius 1 is 1.39 bits per heavy atom. The van der Waals surface area contributed by atoms with Crippen LogP contribution in [-0.4, -0.2) is 19.0 Å². The zero-order valence-electron chi connectivity index (χ0n) is 11.2. The molecule has 0 heterocycles. The predicted molar refractivity (Wildman–Crippen MR) is 72.1 cm³/mol. The molecule has 0 bridgehead atoms. The molecule has 2 N–H and O–H groups in total. The van der Waals surface area contributed by atoms with Crippen LogP contribution < -0.4 is 10.6 Å². The third-order valence-corrected chi connectivity index (χ3v) is 2.69. The van der Waals surface area contributed by atoms with Gasteiger partial charge >= 0.3 is 0 Å². The third kappa shape index (κ3) is 4.73. The fourth-order valence-electron chi connectivity index (χ4n) is 1.59. The van der Waals surface area contributed by atoms with E-state index in [1.54, 1.807) is 6.07 Å². The average Bonchev–Trinajstić information content (AvgIpc) is 2.27. The first-order chi connectivity index (χ1) is 8.50. The number of para-hydroxylation sites is 1. The number of hydrogen-bond acceptors (Lipinski definition) is 2. The standard InChI is InChI=1S/C14H21FN2O/c1-10(2)7-8-16-13(18)9-17-14-11(3)5-4-6-12(14)15/h4-6,10,17H,7-9H2,1-3H3,(H,16,18). The second-order valence-corrected chi connectivity index (χ2v) is 4.82. The molecule has 0 spiro atoms. The molecule has 1 amide bonds. The first kappa shape index (κ1) is 14.5. The minimum atomic E-state index is -0.329. The van der Waals surface area contributed by atoms with E-state index in [-0.39, 0.29) is 18.3 Å². The Labute approximate surface area is 108 Å². The lowest BCUT2D eigenvalue weighted by molar-refractivity contribution is -0.119. The molecule has 0 aliphatic carbocycles. The highest BCUT2D eigenvalue weighted by Gasteiger charge is 2.07. The highest BCUT2D eigenvalue weighted by atomic mass is 19.1. The second kappa shape index (κ2) is 6.99. The van der Waals surface area contributed by atoms with Gasteiger partial charge in [0.15, 0.2) is 0 Å². The Kier molecular flexibility index (Phi) is 5.62. The van der Waals surface area contributed by atoms with Crippen molar-refractivity contribution in [3.63, 3.8) is 0 Å².